The molecule has 8 nitrogen and oxygen atoms in total. The third-order valence-electron chi connectivity index (χ3n) is 5.52. The number of hydrogen-bond donors (Lipinski definition) is 1. The molecule has 0 spiro atoms. The summed E-state index contributed by atoms with van der Waals surface area (Å²) in [5, 5.41) is 18.7. The number of hydrogen-bond acceptors (Lipinski definition) is 7. The van der Waals surface area contributed by atoms with E-state index in [2.05, 4.69) is 15.9 Å². The number of nitrogens with zero attached hydrogens (tertiary/aromatic N) is 4. The quantitative estimate of drug-likeness (QED) is 0.702. The second-order valence-corrected chi connectivity index (χ2v) is 7.08. The van der Waals surface area contributed by atoms with Crippen molar-refractivity contribution in [3.63, 3.8) is 0 Å². The lowest BCUT2D eigenvalue weighted by Gasteiger charge is -2.34. The number of piperazine rings is 1. The summed E-state index contributed by atoms with van der Waals surface area (Å²) >= 11 is 0. The number of benzene rings is 1. The topological polar surface area (TPSA) is 89.3 Å². The van der Waals surface area contributed by atoms with E-state index in [0.717, 1.165) is 45.7 Å². The Morgan fingerprint density at radius 1 is 1.11 bits per heavy atom. The summed E-state index contributed by atoms with van der Waals surface area (Å²) in [4.78, 5) is 19.2. The van der Waals surface area contributed by atoms with Crippen LogP contribution in [0.4, 0.5) is 0 Å². The van der Waals surface area contributed by atoms with Crippen molar-refractivity contribution < 1.29 is 19.4 Å². The Morgan fingerprint density at radius 2 is 1.79 bits per heavy atom. The maximum atomic E-state index is 12.9. The van der Waals surface area contributed by atoms with E-state index in [-0.39, 0.29) is 12.5 Å². The van der Waals surface area contributed by atoms with Crippen LogP contribution in [0.15, 0.2) is 12.1 Å². The highest BCUT2D eigenvalue weighted by Gasteiger charge is 2.39. The summed E-state index contributed by atoms with van der Waals surface area (Å²) in [5.74, 6) is 0.909. The fourth-order valence-electron chi connectivity index (χ4n) is 3.98. The van der Waals surface area contributed by atoms with Gasteiger partial charge >= 0.3 is 0 Å². The van der Waals surface area contributed by atoms with Crippen molar-refractivity contribution in [3.8, 4) is 17.6 Å². The van der Waals surface area contributed by atoms with Crippen LogP contribution in [0.25, 0.3) is 0 Å². The molecule has 0 bridgehead atoms. The Bertz CT molecular complexity index is 740. The van der Waals surface area contributed by atoms with Gasteiger partial charge in [-0.3, -0.25) is 9.69 Å². The lowest BCUT2D eigenvalue weighted by molar-refractivity contribution is 0.0735. The van der Waals surface area contributed by atoms with E-state index in [1.165, 1.54) is 7.11 Å². The summed E-state index contributed by atoms with van der Waals surface area (Å²) in [6.45, 7) is 6.14. The zero-order valence-corrected chi connectivity index (χ0v) is 16.6. The standard InChI is InChI=1S/C20H28N4O4/c1-27-15-12-16-19(18(13-15)28-2)17(14-21)24(20(16)26)5-3-4-22-6-8-23(9-7-22)10-11-25/h12-13,17,25H,3-11H2,1-2H3. The number of aliphatic hydroxyl groups is 1. The number of carbonyl (C=O) groups is 1. The number of methoxy groups -OCH3 is 2. The second-order valence-electron chi connectivity index (χ2n) is 7.08. The van der Waals surface area contributed by atoms with Crippen molar-refractivity contribution >= 4 is 5.91 Å². The van der Waals surface area contributed by atoms with Crippen LogP contribution in [0.2, 0.25) is 0 Å². The Morgan fingerprint density at radius 3 is 2.36 bits per heavy atom. The van der Waals surface area contributed by atoms with Crippen molar-refractivity contribution in [2.75, 3.05) is 66.6 Å². The number of nitriles is 1. The largest absolute Gasteiger partial charge is 0.497 e. The van der Waals surface area contributed by atoms with Gasteiger partial charge in [0.1, 0.15) is 17.5 Å². The zero-order chi connectivity index (χ0) is 20.1. The highest BCUT2D eigenvalue weighted by atomic mass is 16.5. The number of rotatable bonds is 8. The third kappa shape index (κ3) is 4.07. The van der Waals surface area contributed by atoms with Gasteiger partial charge in [-0.1, -0.05) is 0 Å². The van der Waals surface area contributed by atoms with Crippen LogP contribution in [0.5, 0.6) is 11.5 Å². The average molecular weight is 388 g/mol. The maximum Gasteiger partial charge on any atom is 0.255 e. The van der Waals surface area contributed by atoms with Crippen molar-refractivity contribution in [2.24, 2.45) is 0 Å². The van der Waals surface area contributed by atoms with E-state index >= 15 is 0 Å². The molecular weight excluding hydrogens is 360 g/mol. The minimum absolute atomic E-state index is 0.147. The molecule has 0 radical (unpaired) electrons. The molecule has 28 heavy (non-hydrogen) atoms. The summed E-state index contributed by atoms with van der Waals surface area (Å²) in [6, 6.07) is 5.03. The number of amides is 1. The molecule has 1 unspecified atom stereocenters. The number of β-amino-alcohol motifs (C(OH)–C–C–N with tert-alkyl or cyclic N) is 1. The van der Waals surface area contributed by atoms with E-state index in [4.69, 9.17) is 14.6 Å². The smallest absolute Gasteiger partial charge is 0.255 e. The number of carbonyl (C=O) groups excluding carboxylic acids is 1. The number of aliphatic hydroxyl groups excluding tert-OH is 1. The molecule has 152 valence electrons. The van der Waals surface area contributed by atoms with Crippen LogP contribution in [-0.2, 0) is 0 Å². The van der Waals surface area contributed by atoms with E-state index < -0.39 is 6.04 Å². The molecule has 8 heteroatoms. The Labute approximate surface area is 165 Å². The molecule has 1 fully saturated rings. The molecule has 2 heterocycles. The van der Waals surface area contributed by atoms with Gasteiger partial charge in [0.25, 0.3) is 5.91 Å². The highest BCUT2D eigenvalue weighted by Crippen LogP contribution is 2.41. The zero-order valence-electron chi connectivity index (χ0n) is 16.6. The van der Waals surface area contributed by atoms with Gasteiger partial charge < -0.3 is 24.4 Å². The van der Waals surface area contributed by atoms with Gasteiger partial charge in [0.2, 0.25) is 0 Å². The van der Waals surface area contributed by atoms with Crippen molar-refractivity contribution in [3.05, 3.63) is 23.3 Å². The first-order valence-electron chi connectivity index (χ1n) is 9.65. The summed E-state index contributed by atoms with van der Waals surface area (Å²) in [5.41, 5.74) is 1.12. The lowest BCUT2D eigenvalue weighted by atomic mass is 10.0. The fourth-order valence-corrected chi connectivity index (χ4v) is 3.98. The summed E-state index contributed by atoms with van der Waals surface area (Å²) in [6.07, 6.45) is 0.803. The van der Waals surface area contributed by atoms with Crippen LogP contribution in [0.1, 0.15) is 28.4 Å². The van der Waals surface area contributed by atoms with Gasteiger partial charge in [-0.2, -0.15) is 5.26 Å². The molecule has 3 rings (SSSR count). The monoisotopic (exact) mass is 388 g/mol. The van der Waals surface area contributed by atoms with Gasteiger partial charge in [0.15, 0.2) is 0 Å². The molecule has 1 aromatic carbocycles. The Balaban J connectivity index is 1.62. The van der Waals surface area contributed by atoms with Crippen LogP contribution < -0.4 is 9.47 Å². The molecule has 1 saturated heterocycles. The number of fused-ring (bicyclic) bond motifs is 1. The van der Waals surface area contributed by atoms with E-state index in [1.807, 2.05) is 0 Å². The first-order chi connectivity index (χ1) is 13.6. The average Bonchev–Trinajstić information content (AvgIpc) is 3.00. The van der Waals surface area contributed by atoms with Crippen LogP contribution in [0.3, 0.4) is 0 Å². The minimum atomic E-state index is -0.634. The van der Waals surface area contributed by atoms with E-state index in [1.54, 1.807) is 24.1 Å². The molecule has 1 atom stereocenters. The molecule has 0 aliphatic carbocycles. The van der Waals surface area contributed by atoms with Gasteiger partial charge in [-0.05, 0) is 19.0 Å². The summed E-state index contributed by atoms with van der Waals surface area (Å²) in [7, 11) is 3.08. The van der Waals surface area contributed by atoms with Crippen LogP contribution >= 0.6 is 0 Å². The third-order valence-corrected chi connectivity index (χ3v) is 5.52. The lowest BCUT2D eigenvalue weighted by Crippen LogP contribution is -2.47. The van der Waals surface area contributed by atoms with Crippen molar-refractivity contribution in [1.29, 1.82) is 5.26 Å². The van der Waals surface area contributed by atoms with E-state index in [9.17, 15) is 10.1 Å². The highest BCUT2D eigenvalue weighted by molar-refractivity contribution is 6.01. The molecule has 1 amide bonds. The Hall–Kier alpha value is -2.34. The number of ether oxygens (including phenoxy) is 2. The Kier molecular flexibility index (Phi) is 6.73. The first-order valence-corrected chi connectivity index (χ1v) is 9.65. The minimum Gasteiger partial charge on any atom is -0.497 e. The van der Waals surface area contributed by atoms with Crippen molar-refractivity contribution in [2.45, 2.75) is 12.5 Å². The first kappa shape index (κ1) is 20.4. The maximum absolute atomic E-state index is 12.9. The fraction of sp³-hybridized carbons (Fsp3) is 0.600. The predicted molar refractivity (Wildman–Crippen MR) is 104 cm³/mol. The molecule has 0 aromatic heterocycles. The molecular formula is C20H28N4O4. The molecule has 1 N–H and O–H groups in total. The molecule has 2 aliphatic rings. The van der Waals surface area contributed by atoms with Gasteiger partial charge in [0.05, 0.1) is 32.5 Å². The van der Waals surface area contributed by atoms with Crippen LogP contribution in [0, 0.1) is 11.3 Å². The molecule has 2 aliphatic heterocycles. The SMILES string of the molecule is COc1cc(OC)c2c(c1)C(=O)N(CCCN1CCN(CCO)CC1)C2C#N. The van der Waals surface area contributed by atoms with Crippen LogP contribution in [-0.4, -0.2) is 92.4 Å². The summed E-state index contributed by atoms with van der Waals surface area (Å²) < 4.78 is 10.7. The van der Waals surface area contributed by atoms with Crippen molar-refractivity contribution in [1.82, 2.24) is 14.7 Å². The van der Waals surface area contributed by atoms with Gasteiger partial charge in [-0.15, -0.1) is 0 Å². The normalized spacial score (nSPS) is 20.1. The molecule has 1 aromatic rings. The van der Waals surface area contributed by atoms with Gasteiger partial charge in [-0.25, -0.2) is 0 Å². The van der Waals surface area contributed by atoms with Gasteiger partial charge in [0, 0.05) is 50.9 Å². The van der Waals surface area contributed by atoms with E-state index in [0.29, 0.717) is 29.2 Å². The second kappa shape index (κ2) is 9.24. The predicted octanol–water partition coefficient (Wildman–Crippen LogP) is 0.724. The molecule has 0 saturated carbocycles.